The molecule has 0 aliphatic carbocycles. The van der Waals surface area contributed by atoms with E-state index in [0.29, 0.717) is 36.8 Å². The number of benzene rings is 2. The van der Waals surface area contributed by atoms with Crippen LogP contribution in [0.2, 0.25) is 0 Å². The molecule has 7 nitrogen and oxygen atoms in total. The number of anilines is 1. The first-order chi connectivity index (χ1) is 16.1. The molecule has 33 heavy (non-hydrogen) atoms. The largest absolute Gasteiger partial charge is 0.491 e. The van der Waals surface area contributed by atoms with Crippen LogP contribution in [0.25, 0.3) is 0 Å². The predicted molar refractivity (Wildman–Crippen MR) is 126 cm³/mol. The summed E-state index contributed by atoms with van der Waals surface area (Å²) in [4.78, 5) is 24.8. The smallest absolute Gasteiger partial charge is 0.246 e. The number of rotatable bonds is 4. The van der Waals surface area contributed by atoms with Gasteiger partial charge in [0.1, 0.15) is 24.1 Å². The second kappa shape index (κ2) is 10.4. The molecule has 1 spiro atoms. The van der Waals surface area contributed by atoms with E-state index in [0.717, 1.165) is 35.8 Å². The van der Waals surface area contributed by atoms with E-state index >= 15 is 0 Å². The number of amides is 1. The summed E-state index contributed by atoms with van der Waals surface area (Å²) in [5.41, 5.74) is 3.13. The van der Waals surface area contributed by atoms with E-state index in [1.165, 1.54) is 0 Å². The van der Waals surface area contributed by atoms with E-state index in [-0.39, 0.29) is 12.7 Å². The highest BCUT2D eigenvalue weighted by atomic mass is 16.7. The number of ether oxygens (including phenoxy) is 3. The molecule has 7 heteroatoms. The summed E-state index contributed by atoms with van der Waals surface area (Å²) in [6, 6.07) is 11.7. The molecule has 0 saturated heterocycles. The molecule has 2 aromatic rings. The van der Waals surface area contributed by atoms with Crippen LogP contribution in [0.3, 0.4) is 0 Å². The Morgan fingerprint density at radius 2 is 1.82 bits per heavy atom. The number of aldehydes is 1. The third-order valence-corrected chi connectivity index (χ3v) is 5.81. The zero-order valence-electron chi connectivity index (χ0n) is 19.2. The predicted octanol–water partition coefficient (Wildman–Crippen LogP) is 3.78. The minimum atomic E-state index is -0.819. The van der Waals surface area contributed by atoms with Gasteiger partial charge in [-0.05, 0) is 31.5 Å². The zero-order valence-corrected chi connectivity index (χ0v) is 19.2. The van der Waals surface area contributed by atoms with Crippen LogP contribution < -0.4 is 19.1 Å². The molecule has 0 radical (unpaired) electrons. The van der Waals surface area contributed by atoms with Crippen LogP contribution in [-0.4, -0.2) is 44.4 Å². The third kappa shape index (κ3) is 4.12. The molecule has 1 N–H and O–H groups in total. The fraction of sp³-hybridized carbons (Fsp3) is 0.308. The number of carbonyl (C=O) groups excluding carboxylic acids is 2. The number of hydrogen-bond donors (Lipinski definition) is 1. The van der Waals surface area contributed by atoms with E-state index in [1.54, 1.807) is 6.08 Å². The number of fused-ring (bicyclic) bond motifs is 5. The highest BCUT2D eigenvalue weighted by molar-refractivity contribution is 6.11. The summed E-state index contributed by atoms with van der Waals surface area (Å²) in [5, 5.41) is 7.00. The zero-order chi connectivity index (χ0) is 24.0. The van der Waals surface area contributed by atoms with Crippen LogP contribution in [0.15, 0.2) is 60.7 Å². The number of nitrogens with zero attached hydrogens (tertiary/aromatic N) is 1. The van der Waals surface area contributed by atoms with Crippen LogP contribution >= 0.6 is 0 Å². The van der Waals surface area contributed by atoms with Gasteiger partial charge in [-0.1, -0.05) is 35.9 Å². The van der Waals surface area contributed by atoms with Crippen molar-refractivity contribution in [1.82, 2.24) is 0 Å². The van der Waals surface area contributed by atoms with Gasteiger partial charge in [0.25, 0.3) is 0 Å². The summed E-state index contributed by atoms with van der Waals surface area (Å²) in [5.74, 6) is 2.09. The first kappa shape index (κ1) is 24.1. The molecule has 1 atom stereocenters. The van der Waals surface area contributed by atoms with Gasteiger partial charge in [-0.2, -0.15) is 0 Å². The SMILES string of the molecule is C/C=C(\C)CN1C(=O)C2(COc3cc4c(cc32)OCO4)c2ccccc21.C=CCC=O.CO. The van der Waals surface area contributed by atoms with E-state index in [4.69, 9.17) is 19.3 Å². The minimum absolute atomic E-state index is 0.0533. The molecule has 1 amide bonds. The highest BCUT2D eigenvalue weighted by Gasteiger charge is 2.57. The van der Waals surface area contributed by atoms with Gasteiger partial charge in [-0.15, -0.1) is 6.58 Å². The van der Waals surface area contributed by atoms with Crippen molar-refractivity contribution >= 4 is 17.9 Å². The summed E-state index contributed by atoms with van der Waals surface area (Å²) in [7, 11) is 1.00. The van der Waals surface area contributed by atoms with Crippen molar-refractivity contribution in [2.75, 3.05) is 32.0 Å². The van der Waals surface area contributed by atoms with Crippen molar-refractivity contribution in [2.24, 2.45) is 0 Å². The van der Waals surface area contributed by atoms with Gasteiger partial charge in [0.05, 0.1) is 0 Å². The van der Waals surface area contributed by atoms with E-state index in [2.05, 4.69) is 6.58 Å². The first-order valence-electron chi connectivity index (χ1n) is 10.7. The van der Waals surface area contributed by atoms with Gasteiger partial charge < -0.3 is 29.0 Å². The van der Waals surface area contributed by atoms with Gasteiger partial charge in [0.2, 0.25) is 12.7 Å². The molecule has 174 valence electrons. The molecule has 1 unspecified atom stereocenters. The number of para-hydroxylation sites is 1. The number of aliphatic hydroxyl groups excluding tert-OH is 1. The highest BCUT2D eigenvalue weighted by Crippen LogP contribution is 2.55. The van der Waals surface area contributed by atoms with Crippen molar-refractivity contribution in [1.29, 1.82) is 0 Å². The molecule has 0 bridgehead atoms. The second-order valence-electron chi connectivity index (χ2n) is 7.63. The maximum absolute atomic E-state index is 13.6. The van der Waals surface area contributed by atoms with E-state index in [9.17, 15) is 9.59 Å². The molecule has 0 saturated carbocycles. The fourth-order valence-electron chi connectivity index (χ4n) is 4.13. The summed E-state index contributed by atoms with van der Waals surface area (Å²) >= 11 is 0. The molecular formula is C26H29NO6. The summed E-state index contributed by atoms with van der Waals surface area (Å²) in [6.07, 6.45) is 4.89. The lowest BCUT2D eigenvalue weighted by Crippen LogP contribution is -2.43. The van der Waals surface area contributed by atoms with Crippen LogP contribution in [-0.2, 0) is 15.0 Å². The Bertz CT molecular complexity index is 1070. The molecule has 0 fully saturated rings. The van der Waals surface area contributed by atoms with Gasteiger partial charge in [-0.3, -0.25) is 4.79 Å². The van der Waals surface area contributed by atoms with E-state index < -0.39 is 5.41 Å². The van der Waals surface area contributed by atoms with Gasteiger partial charge >= 0.3 is 0 Å². The Balaban J connectivity index is 0.000000390. The lowest BCUT2D eigenvalue weighted by molar-refractivity contribution is -0.122. The molecule has 5 rings (SSSR count). The second-order valence-corrected chi connectivity index (χ2v) is 7.63. The van der Waals surface area contributed by atoms with E-state index in [1.807, 2.05) is 61.2 Å². The molecule has 3 heterocycles. The van der Waals surface area contributed by atoms with Crippen LogP contribution in [0.5, 0.6) is 17.2 Å². The van der Waals surface area contributed by atoms with Gasteiger partial charge in [0, 0.05) is 37.4 Å². The third-order valence-electron chi connectivity index (χ3n) is 5.81. The Labute approximate surface area is 193 Å². The lowest BCUT2D eigenvalue weighted by atomic mass is 9.77. The van der Waals surface area contributed by atoms with Crippen molar-refractivity contribution in [3.8, 4) is 17.2 Å². The number of aliphatic hydroxyl groups is 1. The monoisotopic (exact) mass is 451 g/mol. The van der Waals surface area contributed by atoms with Gasteiger partial charge in [-0.25, -0.2) is 0 Å². The summed E-state index contributed by atoms with van der Waals surface area (Å²) < 4.78 is 17.0. The van der Waals surface area contributed by atoms with Gasteiger partial charge in [0.15, 0.2) is 11.5 Å². The Hall–Kier alpha value is -3.58. The molecule has 2 aromatic carbocycles. The van der Waals surface area contributed by atoms with Crippen LogP contribution in [0.1, 0.15) is 31.4 Å². The van der Waals surface area contributed by atoms with Crippen LogP contribution in [0.4, 0.5) is 5.69 Å². The quantitative estimate of drug-likeness (QED) is 0.563. The maximum atomic E-state index is 13.6. The maximum Gasteiger partial charge on any atom is 0.246 e. The lowest BCUT2D eigenvalue weighted by Gasteiger charge is -2.23. The standard InChI is InChI=1S/C21H19NO4.C4H6O.CH4O/c1-3-13(2)10-22-16-7-5-4-6-14(16)21(20(22)23)11-24-17-9-19-18(8-15(17)21)25-12-26-19;1-2-3-4-5;1-2/h3-9H,10-12H2,1-2H3;2,4H,1,3H2;2H,1H3/b13-3+;;. The normalized spacial score (nSPS) is 19.0. The molecule has 3 aliphatic rings. The van der Waals surface area contributed by atoms with Crippen molar-refractivity contribution in [3.05, 3.63) is 71.8 Å². The number of allylic oxidation sites excluding steroid dienone is 2. The average molecular weight is 452 g/mol. The Morgan fingerprint density at radius 1 is 1.12 bits per heavy atom. The molecule has 3 aliphatic heterocycles. The topological polar surface area (TPSA) is 85.3 Å². The summed E-state index contributed by atoms with van der Waals surface area (Å²) in [6.45, 7) is 8.42. The number of hydrogen-bond acceptors (Lipinski definition) is 6. The van der Waals surface area contributed by atoms with Crippen molar-refractivity contribution in [2.45, 2.75) is 25.7 Å². The van der Waals surface area contributed by atoms with Crippen molar-refractivity contribution in [3.63, 3.8) is 0 Å². The Kier molecular flexibility index (Phi) is 7.55. The minimum Gasteiger partial charge on any atom is -0.491 e. The average Bonchev–Trinajstić information content (AvgIpc) is 3.52. The fourth-order valence-corrected chi connectivity index (χ4v) is 4.13. The molecular weight excluding hydrogens is 422 g/mol. The van der Waals surface area contributed by atoms with Crippen molar-refractivity contribution < 1.29 is 28.9 Å². The number of carbonyl (C=O) groups is 2. The van der Waals surface area contributed by atoms with Crippen LogP contribution in [0, 0.1) is 0 Å². The first-order valence-corrected chi connectivity index (χ1v) is 10.7. The Morgan fingerprint density at radius 3 is 2.45 bits per heavy atom. The molecule has 0 aromatic heterocycles.